The normalized spacial score (nSPS) is 23.0. The summed E-state index contributed by atoms with van der Waals surface area (Å²) >= 11 is 0. The number of nitrogens with zero attached hydrogens (tertiary/aromatic N) is 5. The van der Waals surface area contributed by atoms with Crippen molar-refractivity contribution in [3.63, 3.8) is 0 Å². The Bertz CT molecular complexity index is 2100. The van der Waals surface area contributed by atoms with E-state index in [-0.39, 0.29) is 36.8 Å². The van der Waals surface area contributed by atoms with E-state index in [1.165, 1.54) is 0 Å². The predicted molar refractivity (Wildman–Crippen MR) is 185 cm³/mol. The summed E-state index contributed by atoms with van der Waals surface area (Å²) in [5.74, 6) is -0.926. The van der Waals surface area contributed by atoms with Crippen LogP contribution in [0.1, 0.15) is 54.4 Å². The highest BCUT2D eigenvalue weighted by Gasteiger charge is 2.65. The second-order valence-corrected chi connectivity index (χ2v) is 14.0. The fourth-order valence-corrected chi connectivity index (χ4v) is 8.54. The Hall–Kier alpha value is -4.90. The Morgan fingerprint density at radius 1 is 0.959 bits per heavy atom. The third kappa shape index (κ3) is 4.88. The molecule has 49 heavy (non-hydrogen) atoms. The lowest BCUT2D eigenvalue weighted by atomic mass is 9.71. The number of benzene rings is 4. The minimum atomic E-state index is -1.28. The molecule has 2 amide bonds. The van der Waals surface area contributed by atoms with Crippen LogP contribution < -0.4 is 9.80 Å². The van der Waals surface area contributed by atoms with Crippen LogP contribution in [0.25, 0.3) is 10.8 Å². The van der Waals surface area contributed by atoms with Gasteiger partial charge < -0.3 is 19.8 Å². The van der Waals surface area contributed by atoms with Gasteiger partial charge in [-0.1, -0.05) is 66.7 Å². The maximum Gasteiger partial charge on any atom is 0.264 e. The molecule has 0 unspecified atom stereocenters. The number of rotatable bonds is 9. The monoisotopic (exact) mass is 657 g/mol. The Morgan fingerprint density at radius 3 is 2.51 bits per heavy atom. The molecule has 0 saturated carbocycles. The van der Waals surface area contributed by atoms with E-state index < -0.39 is 17.3 Å². The molecule has 2 N–H and O–H groups in total. The molecule has 1 spiro atoms. The first-order chi connectivity index (χ1) is 23.6. The number of hydrogen-bond acceptors (Lipinski definition) is 7. The molecular weight excluding hydrogens is 618 g/mol. The van der Waals surface area contributed by atoms with E-state index in [2.05, 4.69) is 10.3 Å². The van der Waals surface area contributed by atoms with Gasteiger partial charge in [0, 0.05) is 54.2 Å². The Balaban J connectivity index is 1.11. The van der Waals surface area contributed by atoms with Gasteiger partial charge in [-0.2, -0.15) is 0 Å². The van der Waals surface area contributed by atoms with E-state index in [9.17, 15) is 19.8 Å². The number of ether oxygens (including phenoxy) is 1. The lowest BCUT2D eigenvalue weighted by Gasteiger charge is -2.34. The quantitative estimate of drug-likeness (QED) is 0.214. The van der Waals surface area contributed by atoms with Crippen LogP contribution in [-0.2, 0) is 34.6 Å². The van der Waals surface area contributed by atoms with E-state index in [4.69, 9.17) is 4.74 Å². The van der Waals surface area contributed by atoms with Gasteiger partial charge in [0.1, 0.15) is 0 Å². The molecule has 3 aliphatic rings. The summed E-state index contributed by atoms with van der Waals surface area (Å²) in [6.07, 6.45) is 2.31. The first-order valence-corrected chi connectivity index (χ1v) is 16.9. The number of aliphatic hydroxyl groups is 2. The standard InChI is InChI=1S/C39H39N5O5/c1-24-35(38(2,3)48)33(17-19-42-23-27(18-20-45)40-41-42)49-39(24)30-14-4-5-15-31(30)43(37(39)47)22-25-9-6-12-28(21-25)44-32-16-8-11-26-10-7-13-29(34(26)32)36(44)46/h4-16,21,23-24,33,35,45,48H,17-20,22H2,1-3H3/t24-,33+,35-,39+/m1/s1. The van der Waals surface area contributed by atoms with Gasteiger partial charge >= 0.3 is 0 Å². The fourth-order valence-electron chi connectivity index (χ4n) is 8.54. The van der Waals surface area contributed by atoms with Gasteiger partial charge in [-0.05, 0) is 61.5 Å². The number of para-hydroxylation sites is 1. The summed E-state index contributed by atoms with van der Waals surface area (Å²) in [5.41, 5.74) is 3.01. The SMILES string of the molecule is C[C@@H]1[C@@H](C(C)(C)O)[C@H](CCn2cc(CCO)nn2)O[C@@]12C(=O)N(Cc1cccc(N3C(=O)c4cccc5cccc3c45)c1)c1ccccc12. The average Bonchev–Trinajstić information content (AvgIpc) is 3.80. The van der Waals surface area contributed by atoms with Crippen molar-refractivity contribution >= 4 is 39.6 Å². The summed E-state index contributed by atoms with van der Waals surface area (Å²) in [6, 6.07) is 27.3. The molecular formula is C39H39N5O5. The zero-order valence-electron chi connectivity index (χ0n) is 27.8. The van der Waals surface area contributed by atoms with Crippen LogP contribution in [-0.4, -0.2) is 55.3 Å². The summed E-state index contributed by atoms with van der Waals surface area (Å²) in [6.45, 7) is 6.34. The highest BCUT2D eigenvalue weighted by Crippen LogP contribution is 2.58. The summed E-state index contributed by atoms with van der Waals surface area (Å²) in [5, 5.41) is 31.1. The van der Waals surface area contributed by atoms with Gasteiger partial charge in [0.25, 0.3) is 11.8 Å². The van der Waals surface area contributed by atoms with Crippen LogP contribution in [0.2, 0.25) is 0 Å². The van der Waals surface area contributed by atoms with Crippen molar-refractivity contribution in [3.05, 3.63) is 114 Å². The second kappa shape index (κ2) is 11.6. The van der Waals surface area contributed by atoms with Crippen LogP contribution >= 0.6 is 0 Å². The maximum atomic E-state index is 14.8. The molecule has 4 heterocycles. The van der Waals surface area contributed by atoms with Crippen LogP contribution in [0.3, 0.4) is 0 Å². The highest BCUT2D eigenvalue weighted by atomic mass is 16.5. The third-order valence-electron chi connectivity index (χ3n) is 10.6. The van der Waals surface area contributed by atoms with E-state index in [1.807, 2.05) is 98.0 Å². The second-order valence-electron chi connectivity index (χ2n) is 14.0. The zero-order chi connectivity index (χ0) is 34.1. The summed E-state index contributed by atoms with van der Waals surface area (Å²) < 4.78 is 8.65. The minimum absolute atomic E-state index is 0.00524. The van der Waals surface area contributed by atoms with Crippen LogP contribution in [0.4, 0.5) is 17.1 Å². The van der Waals surface area contributed by atoms with Crippen molar-refractivity contribution in [3.8, 4) is 0 Å². The van der Waals surface area contributed by atoms with Crippen LogP contribution in [0.5, 0.6) is 0 Å². The van der Waals surface area contributed by atoms with Gasteiger partial charge in [0.2, 0.25) is 0 Å². The Morgan fingerprint density at radius 2 is 1.71 bits per heavy atom. The molecule has 0 radical (unpaired) electrons. The van der Waals surface area contributed by atoms with Crippen molar-refractivity contribution in [1.82, 2.24) is 15.0 Å². The number of hydrogen-bond donors (Lipinski definition) is 2. The lowest BCUT2D eigenvalue weighted by molar-refractivity contribution is -0.146. The molecule has 10 nitrogen and oxygen atoms in total. The molecule has 10 heteroatoms. The van der Waals surface area contributed by atoms with Gasteiger partial charge in [-0.3, -0.25) is 19.2 Å². The highest BCUT2D eigenvalue weighted by molar-refractivity contribution is 6.27. The molecule has 3 aliphatic heterocycles. The van der Waals surface area contributed by atoms with Gasteiger partial charge in [-0.15, -0.1) is 5.10 Å². The molecule has 1 saturated heterocycles. The third-order valence-corrected chi connectivity index (χ3v) is 10.6. The van der Waals surface area contributed by atoms with Gasteiger partial charge in [-0.25, -0.2) is 0 Å². The average molecular weight is 658 g/mol. The van der Waals surface area contributed by atoms with E-state index in [1.54, 1.807) is 28.3 Å². The molecule has 0 aliphatic carbocycles. The van der Waals surface area contributed by atoms with Crippen molar-refractivity contribution in [2.24, 2.45) is 11.8 Å². The Labute approximate surface area is 284 Å². The van der Waals surface area contributed by atoms with E-state index in [0.29, 0.717) is 30.6 Å². The first-order valence-electron chi connectivity index (χ1n) is 16.9. The summed E-state index contributed by atoms with van der Waals surface area (Å²) in [7, 11) is 0. The van der Waals surface area contributed by atoms with Crippen molar-refractivity contribution in [1.29, 1.82) is 0 Å². The van der Waals surface area contributed by atoms with Crippen molar-refractivity contribution < 1.29 is 24.5 Å². The molecule has 4 atom stereocenters. The molecule has 0 bridgehead atoms. The first kappa shape index (κ1) is 31.4. The number of carbonyl (C=O) groups excluding carboxylic acids is 2. The van der Waals surface area contributed by atoms with Gasteiger partial charge in [0.05, 0.1) is 40.9 Å². The fraction of sp³-hybridized carbons (Fsp3) is 0.333. The predicted octanol–water partition coefficient (Wildman–Crippen LogP) is 5.51. The summed E-state index contributed by atoms with van der Waals surface area (Å²) in [4.78, 5) is 32.1. The number of anilines is 3. The Kier molecular flexibility index (Phi) is 7.44. The smallest absolute Gasteiger partial charge is 0.264 e. The van der Waals surface area contributed by atoms with E-state index >= 15 is 0 Å². The lowest BCUT2D eigenvalue weighted by Crippen LogP contribution is -2.46. The molecule has 1 aromatic heterocycles. The molecule has 250 valence electrons. The number of aromatic nitrogens is 3. The zero-order valence-corrected chi connectivity index (χ0v) is 27.8. The van der Waals surface area contributed by atoms with Gasteiger partial charge in [0.15, 0.2) is 5.60 Å². The number of carbonyl (C=O) groups is 2. The number of aliphatic hydroxyl groups excluding tert-OH is 1. The van der Waals surface area contributed by atoms with E-state index in [0.717, 1.165) is 39.0 Å². The largest absolute Gasteiger partial charge is 0.396 e. The molecule has 1 fully saturated rings. The molecule has 8 rings (SSSR count). The van der Waals surface area contributed by atoms with Crippen LogP contribution in [0.15, 0.2) is 91.1 Å². The van der Waals surface area contributed by atoms with Crippen LogP contribution in [0, 0.1) is 11.8 Å². The maximum absolute atomic E-state index is 14.8. The minimum Gasteiger partial charge on any atom is -0.396 e. The molecule has 5 aromatic rings. The number of amides is 2. The topological polar surface area (TPSA) is 121 Å². The number of fused-ring (bicyclic) bond motifs is 2. The molecule has 4 aromatic carbocycles. The van der Waals surface area contributed by atoms with Crippen molar-refractivity contribution in [2.75, 3.05) is 16.4 Å². The van der Waals surface area contributed by atoms with Crippen molar-refractivity contribution in [2.45, 2.75) is 64.0 Å². The number of aryl methyl sites for hydroxylation is 1.